The van der Waals surface area contributed by atoms with Crippen LogP contribution in [0.2, 0.25) is 5.15 Å². The third-order valence-electron chi connectivity index (χ3n) is 2.34. The van der Waals surface area contributed by atoms with Gasteiger partial charge in [0, 0.05) is 23.2 Å². The van der Waals surface area contributed by atoms with E-state index in [0.717, 1.165) is 15.8 Å². The highest BCUT2D eigenvalue weighted by Crippen LogP contribution is 2.31. The molecule has 1 aromatic carbocycles. The Hall–Kier alpha value is -1.72. The number of hydrogen-bond donors (Lipinski definition) is 0. The summed E-state index contributed by atoms with van der Waals surface area (Å²) in [7, 11) is 0. The van der Waals surface area contributed by atoms with Crippen LogP contribution in [0.5, 0.6) is 0 Å². The minimum atomic E-state index is 0.406. The van der Waals surface area contributed by atoms with Crippen molar-refractivity contribution in [2.24, 2.45) is 0 Å². The van der Waals surface area contributed by atoms with Crippen molar-refractivity contribution in [3.05, 3.63) is 47.9 Å². The van der Waals surface area contributed by atoms with Gasteiger partial charge in [-0.1, -0.05) is 35.9 Å². The summed E-state index contributed by atoms with van der Waals surface area (Å²) in [6, 6.07) is 9.51. The topological polar surface area (TPSA) is 51.6 Å². The molecule has 0 spiro atoms. The van der Waals surface area contributed by atoms with Crippen molar-refractivity contribution in [1.29, 1.82) is 0 Å². The Morgan fingerprint density at radius 3 is 2.39 bits per heavy atom. The molecule has 0 saturated carbocycles. The summed E-state index contributed by atoms with van der Waals surface area (Å²) in [5, 5.41) is 11.7. The van der Waals surface area contributed by atoms with E-state index in [1.807, 2.05) is 24.3 Å². The Morgan fingerprint density at radius 1 is 0.889 bits per heavy atom. The van der Waals surface area contributed by atoms with Crippen LogP contribution in [0.25, 0.3) is 10.8 Å². The van der Waals surface area contributed by atoms with Crippen LogP contribution in [0.4, 0.5) is 0 Å². The van der Waals surface area contributed by atoms with E-state index in [0.29, 0.717) is 10.3 Å². The van der Waals surface area contributed by atoms with E-state index in [9.17, 15) is 0 Å². The fraction of sp³-hybridized carbons (Fsp3) is 0. The summed E-state index contributed by atoms with van der Waals surface area (Å²) in [5.41, 5.74) is 0. The van der Waals surface area contributed by atoms with Crippen LogP contribution < -0.4 is 0 Å². The fourth-order valence-corrected chi connectivity index (χ4v) is 2.52. The third-order valence-corrected chi connectivity index (χ3v) is 3.51. The quantitative estimate of drug-likeness (QED) is 0.672. The van der Waals surface area contributed by atoms with Gasteiger partial charge in [0.2, 0.25) is 0 Å². The van der Waals surface area contributed by atoms with Gasteiger partial charge in [0.15, 0.2) is 10.3 Å². The molecule has 88 valence electrons. The molecule has 0 aliphatic rings. The van der Waals surface area contributed by atoms with Crippen molar-refractivity contribution in [3.8, 4) is 0 Å². The SMILES string of the molecule is Clc1nnc(Sc2ncccn2)c2ccccc12. The molecule has 18 heavy (non-hydrogen) atoms. The van der Waals surface area contributed by atoms with E-state index in [-0.39, 0.29) is 0 Å². The van der Waals surface area contributed by atoms with Crippen molar-refractivity contribution in [2.45, 2.75) is 10.2 Å². The molecular formula is C12H7ClN4S. The molecule has 0 N–H and O–H groups in total. The third kappa shape index (κ3) is 2.14. The predicted molar refractivity (Wildman–Crippen MR) is 70.7 cm³/mol. The summed E-state index contributed by atoms with van der Waals surface area (Å²) < 4.78 is 0. The smallest absolute Gasteiger partial charge is 0.193 e. The average Bonchev–Trinajstić information content (AvgIpc) is 2.44. The highest BCUT2D eigenvalue weighted by atomic mass is 35.5. The van der Waals surface area contributed by atoms with Crippen LogP contribution >= 0.6 is 23.4 Å². The largest absolute Gasteiger partial charge is 0.231 e. The van der Waals surface area contributed by atoms with Crippen molar-refractivity contribution in [2.75, 3.05) is 0 Å². The monoisotopic (exact) mass is 274 g/mol. The predicted octanol–water partition coefficient (Wildman–Crippen LogP) is 3.22. The maximum atomic E-state index is 6.02. The van der Waals surface area contributed by atoms with Crippen LogP contribution in [0, 0.1) is 0 Å². The molecule has 4 nitrogen and oxygen atoms in total. The van der Waals surface area contributed by atoms with Gasteiger partial charge in [0.25, 0.3) is 0 Å². The Labute approximate surface area is 112 Å². The summed E-state index contributed by atoms with van der Waals surface area (Å²) in [4.78, 5) is 8.31. The minimum Gasteiger partial charge on any atom is -0.231 e. The summed E-state index contributed by atoms with van der Waals surface area (Å²) in [5.74, 6) is 0. The van der Waals surface area contributed by atoms with E-state index in [4.69, 9.17) is 11.6 Å². The average molecular weight is 275 g/mol. The molecule has 0 amide bonds. The van der Waals surface area contributed by atoms with Gasteiger partial charge in [-0.25, -0.2) is 9.97 Å². The van der Waals surface area contributed by atoms with Gasteiger partial charge in [0.1, 0.15) is 5.03 Å². The maximum Gasteiger partial charge on any atom is 0.193 e. The number of hydrogen-bond acceptors (Lipinski definition) is 5. The molecule has 0 radical (unpaired) electrons. The number of aromatic nitrogens is 4. The van der Waals surface area contributed by atoms with Gasteiger partial charge < -0.3 is 0 Å². The lowest BCUT2D eigenvalue weighted by atomic mass is 10.2. The number of benzene rings is 1. The Bertz CT molecular complexity index is 690. The van der Waals surface area contributed by atoms with E-state index >= 15 is 0 Å². The first kappa shape index (κ1) is 11.4. The lowest BCUT2D eigenvalue weighted by Gasteiger charge is -2.04. The number of fused-ring (bicyclic) bond motifs is 1. The van der Waals surface area contributed by atoms with Crippen LogP contribution in [0.15, 0.2) is 52.9 Å². The second-order valence-corrected chi connectivity index (χ2v) is 4.79. The zero-order valence-electron chi connectivity index (χ0n) is 9.12. The van der Waals surface area contributed by atoms with Gasteiger partial charge in [0.05, 0.1) is 0 Å². The molecular weight excluding hydrogens is 268 g/mol. The molecule has 0 aliphatic carbocycles. The van der Waals surface area contributed by atoms with Gasteiger partial charge in [-0.05, 0) is 17.8 Å². The Kier molecular flexibility index (Phi) is 3.08. The number of nitrogens with zero attached hydrogens (tertiary/aromatic N) is 4. The Morgan fingerprint density at radius 2 is 1.61 bits per heavy atom. The molecule has 0 saturated heterocycles. The lowest BCUT2D eigenvalue weighted by molar-refractivity contribution is 0.930. The second-order valence-electron chi connectivity index (χ2n) is 3.47. The second kappa shape index (κ2) is 4.88. The van der Waals surface area contributed by atoms with Crippen LogP contribution in [-0.4, -0.2) is 20.2 Å². The zero-order valence-corrected chi connectivity index (χ0v) is 10.7. The molecule has 0 unspecified atom stereocenters. The molecule has 0 aliphatic heterocycles. The van der Waals surface area contributed by atoms with Gasteiger partial charge in [-0.3, -0.25) is 0 Å². The molecule has 0 fully saturated rings. The Balaban J connectivity index is 2.10. The summed E-state index contributed by atoms with van der Waals surface area (Å²) in [6.45, 7) is 0. The van der Waals surface area contributed by atoms with E-state index < -0.39 is 0 Å². The molecule has 0 bridgehead atoms. The van der Waals surface area contributed by atoms with Crippen molar-refractivity contribution < 1.29 is 0 Å². The first-order valence-electron chi connectivity index (χ1n) is 5.20. The van der Waals surface area contributed by atoms with Crippen molar-refractivity contribution in [3.63, 3.8) is 0 Å². The van der Waals surface area contributed by atoms with Gasteiger partial charge >= 0.3 is 0 Å². The van der Waals surface area contributed by atoms with E-state index in [1.165, 1.54) is 11.8 Å². The normalized spacial score (nSPS) is 10.7. The highest BCUT2D eigenvalue weighted by Gasteiger charge is 2.09. The fourth-order valence-electron chi connectivity index (χ4n) is 1.55. The van der Waals surface area contributed by atoms with Gasteiger partial charge in [-0.15, -0.1) is 10.2 Å². The minimum absolute atomic E-state index is 0.406. The van der Waals surface area contributed by atoms with Gasteiger partial charge in [-0.2, -0.15) is 0 Å². The zero-order chi connectivity index (χ0) is 12.4. The lowest BCUT2D eigenvalue weighted by Crippen LogP contribution is -1.91. The molecule has 3 aromatic rings. The van der Waals surface area contributed by atoms with E-state index in [2.05, 4.69) is 20.2 Å². The van der Waals surface area contributed by atoms with Crippen molar-refractivity contribution in [1.82, 2.24) is 20.2 Å². The van der Waals surface area contributed by atoms with Crippen molar-refractivity contribution >= 4 is 34.1 Å². The highest BCUT2D eigenvalue weighted by molar-refractivity contribution is 7.99. The maximum absolute atomic E-state index is 6.02. The van der Waals surface area contributed by atoms with E-state index in [1.54, 1.807) is 18.5 Å². The first-order chi connectivity index (χ1) is 8.84. The first-order valence-corrected chi connectivity index (χ1v) is 6.40. The molecule has 6 heteroatoms. The molecule has 2 heterocycles. The molecule has 2 aromatic heterocycles. The number of rotatable bonds is 2. The molecule has 3 rings (SSSR count). The van der Waals surface area contributed by atoms with Crippen LogP contribution in [0.1, 0.15) is 0 Å². The standard InChI is InChI=1S/C12H7ClN4S/c13-10-8-4-1-2-5-9(8)11(17-16-10)18-12-14-6-3-7-15-12/h1-7H. The summed E-state index contributed by atoms with van der Waals surface area (Å²) >= 11 is 7.39. The van der Waals surface area contributed by atoms with Crippen LogP contribution in [-0.2, 0) is 0 Å². The van der Waals surface area contributed by atoms with Crippen LogP contribution in [0.3, 0.4) is 0 Å². The summed E-state index contributed by atoms with van der Waals surface area (Å²) in [6.07, 6.45) is 3.39. The molecule has 0 atom stereocenters. The number of halogens is 1.